The zero-order valence-electron chi connectivity index (χ0n) is 23.0. The Morgan fingerprint density at radius 1 is 1.05 bits per heavy atom. The number of hydrogen-bond donors (Lipinski definition) is 3. The number of ether oxygens (including phenoxy) is 3. The maximum Gasteiger partial charge on any atom is 0.235 e. The number of benzene rings is 2. The molecule has 11 nitrogen and oxygen atoms in total. The molecule has 2 atom stereocenters. The lowest BCUT2D eigenvalue weighted by molar-refractivity contribution is -0.118. The second kappa shape index (κ2) is 9.07. The summed E-state index contributed by atoms with van der Waals surface area (Å²) in [6.45, 7) is 2.82. The third-order valence-corrected chi connectivity index (χ3v) is 8.87. The Kier molecular flexibility index (Phi) is 5.40. The van der Waals surface area contributed by atoms with E-state index < -0.39 is 5.41 Å². The van der Waals surface area contributed by atoms with Gasteiger partial charge in [-0.2, -0.15) is 5.10 Å². The average Bonchev–Trinajstić information content (AvgIpc) is 3.93. The molecule has 3 fully saturated rings. The third-order valence-electron chi connectivity index (χ3n) is 8.87. The van der Waals surface area contributed by atoms with Gasteiger partial charge in [0.1, 0.15) is 11.6 Å². The number of aromatic nitrogens is 4. The van der Waals surface area contributed by atoms with E-state index in [1.165, 1.54) is 0 Å². The molecule has 2 aliphatic heterocycles. The number of morpholine rings is 1. The van der Waals surface area contributed by atoms with Gasteiger partial charge in [-0.25, -0.2) is 9.97 Å². The van der Waals surface area contributed by atoms with E-state index in [2.05, 4.69) is 43.9 Å². The number of hydrogen-bond acceptors (Lipinski definition) is 9. The van der Waals surface area contributed by atoms with Crippen molar-refractivity contribution in [2.45, 2.75) is 36.5 Å². The maximum absolute atomic E-state index is 13.1. The van der Waals surface area contributed by atoms with E-state index in [-0.39, 0.29) is 11.8 Å². The van der Waals surface area contributed by atoms with Gasteiger partial charge < -0.3 is 29.7 Å². The van der Waals surface area contributed by atoms with Crippen molar-refractivity contribution >= 4 is 40.0 Å². The first-order valence-electron chi connectivity index (χ1n) is 14.1. The van der Waals surface area contributed by atoms with Crippen molar-refractivity contribution < 1.29 is 19.0 Å². The van der Waals surface area contributed by atoms with Crippen LogP contribution in [0.3, 0.4) is 0 Å². The number of rotatable bonds is 7. The van der Waals surface area contributed by atoms with Crippen LogP contribution in [-0.2, 0) is 14.9 Å². The zero-order valence-corrected chi connectivity index (χ0v) is 23.0. The zero-order chi connectivity index (χ0) is 27.7. The predicted molar refractivity (Wildman–Crippen MR) is 154 cm³/mol. The van der Waals surface area contributed by atoms with Crippen LogP contribution in [0.2, 0.25) is 0 Å². The third kappa shape index (κ3) is 3.82. The minimum Gasteiger partial charge on any atom is -0.497 e. The lowest BCUT2D eigenvalue weighted by Gasteiger charge is -2.29. The van der Waals surface area contributed by atoms with E-state index in [0.717, 1.165) is 77.5 Å². The van der Waals surface area contributed by atoms with Crippen molar-refractivity contribution in [2.24, 2.45) is 0 Å². The largest absolute Gasteiger partial charge is 0.497 e. The summed E-state index contributed by atoms with van der Waals surface area (Å²) >= 11 is 0. The molecule has 2 saturated carbocycles. The van der Waals surface area contributed by atoms with Gasteiger partial charge in [-0.05, 0) is 60.7 Å². The van der Waals surface area contributed by atoms with Crippen molar-refractivity contribution in [3.05, 3.63) is 53.3 Å². The first-order chi connectivity index (χ1) is 20.1. The van der Waals surface area contributed by atoms with Crippen LogP contribution < -0.4 is 25.0 Å². The molecular weight excluding hydrogens is 522 g/mol. The molecule has 4 heterocycles. The van der Waals surface area contributed by atoms with Crippen molar-refractivity contribution in [2.75, 3.05) is 56.1 Å². The fourth-order valence-corrected chi connectivity index (χ4v) is 6.40. The van der Waals surface area contributed by atoms with Crippen LogP contribution in [0, 0.1) is 0 Å². The number of anilines is 4. The number of nitrogens with one attached hydrogen (secondary N) is 3. The highest BCUT2D eigenvalue weighted by atomic mass is 16.5. The number of carbonyl (C=O) groups is 1. The van der Waals surface area contributed by atoms with E-state index in [4.69, 9.17) is 24.2 Å². The highest BCUT2D eigenvalue weighted by Crippen LogP contribution is 2.65. The van der Waals surface area contributed by atoms with Gasteiger partial charge in [0.2, 0.25) is 11.7 Å². The highest BCUT2D eigenvalue weighted by Gasteiger charge is 2.65. The smallest absolute Gasteiger partial charge is 0.235 e. The minimum atomic E-state index is -0.553. The normalized spacial score (nSPS) is 23.0. The number of methoxy groups -OCH3 is 2. The number of fused-ring (bicyclic) bond motifs is 3. The second-order valence-electron chi connectivity index (χ2n) is 11.3. The molecule has 8 rings (SSSR count). The summed E-state index contributed by atoms with van der Waals surface area (Å²) in [7, 11) is 3.30. The van der Waals surface area contributed by atoms with E-state index in [9.17, 15) is 4.79 Å². The predicted octanol–water partition coefficient (Wildman–Crippen LogP) is 4.21. The van der Waals surface area contributed by atoms with Crippen molar-refractivity contribution in [3.8, 4) is 11.5 Å². The van der Waals surface area contributed by atoms with Crippen LogP contribution in [0.1, 0.15) is 48.0 Å². The Morgan fingerprint density at radius 3 is 2.68 bits per heavy atom. The fourth-order valence-electron chi connectivity index (χ4n) is 6.40. The summed E-state index contributed by atoms with van der Waals surface area (Å²) in [5.74, 6) is 4.77. The topological polar surface area (TPSA) is 127 Å². The van der Waals surface area contributed by atoms with E-state index >= 15 is 0 Å². The molecule has 2 aliphatic carbocycles. The number of carbonyl (C=O) groups excluding carboxylic acids is 1. The van der Waals surface area contributed by atoms with Gasteiger partial charge in [-0.15, -0.1) is 0 Å². The molecule has 4 aliphatic rings. The molecule has 0 radical (unpaired) electrons. The first kappa shape index (κ1) is 24.4. The van der Waals surface area contributed by atoms with Gasteiger partial charge in [-0.3, -0.25) is 9.89 Å². The Morgan fingerprint density at radius 2 is 1.90 bits per heavy atom. The van der Waals surface area contributed by atoms with Crippen molar-refractivity contribution in [1.29, 1.82) is 0 Å². The Hall–Kier alpha value is -4.38. The first-order valence-corrected chi connectivity index (χ1v) is 14.1. The summed E-state index contributed by atoms with van der Waals surface area (Å²) in [6, 6.07) is 12.0. The molecule has 2 aromatic carbocycles. The van der Waals surface area contributed by atoms with E-state index in [1.54, 1.807) is 14.2 Å². The summed E-state index contributed by atoms with van der Waals surface area (Å²) in [5, 5.41) is 15.2. The van der Waals surface area contributed by atoms with Crippen LogP contribution in [-0.4, -0.2) is 66.6 Å². The van der Waals surface area contributed by atoms with Crippen LogP contribution in [0.5, 0.6) is 11.5 Å². The molecule has 0 unspecified atom stereocenters. The summed E-state index contributed by atoms with van der Waals surface area (Å²) in [5.41, 5.74) is 3.32. The van der Waals surface area contributed by atoms with E-state index in [0.29, 0.717) is 36.5 Å². The van der Waals surface area contributed by atoms with Gasteiger partial charge in [0, 0.05) is 36.0 Å². The van der Waals surface area contributed by atoms with Crippen LogP contribution in [0.25, 0.3) is 10.9 Å². The molecule has 4 aromatic rings. The standard InChI is InChI=1S/C30H31N7O4/c1-39-18-6-8-22-20(14-18)30(29(38)31-22)15-21(30)17-5-7-19-23(13-17)35-36-26(19)33-27-24(40-2)28(37-9-11-41-12-10-37)34-25(32-27)16-3-4-16/h5-8,13-14,16,21H,3-4,9-12,15H2,1-2H3,(H,31,38)(H2,32,33,34,35,36)/t21-,30-/m0/s1. The van der Waals surface area contributed by atoms with Crippen LogP contribution in [0.4, 0.5) is 23.1 Å². The lowest BCUT2D eigenvalue weighted by Crippen LogP contribution is -2.37. The molecule has 2 aromatic heterocycles. The van der Waals surface area contributed by atoms with Crippen molar-refractivity contribution in [3.63, 3.8) is 0 Å². The summed E-state index contributed by atoms with van der Waals surface area (Å²) in [4.78, 5) is 25.1. The van der Waals surface area contributed by atoms with Gasteiger partial charge in [0.15, 0.2) is 17.5 Å². The van der Waals surface area contributed by atoms with Gasteiger partial charge in [0.25, 0.3) is 0 Å². The maximum atomic E-state index is 13.1. The molecule has 1 amide bonds. The summed E-state index contributed by atoms with van der Waals surface area (Å²) < 4.78 is 16.9. The number of nitrogens with zero attached hydrogens (tertiary/aromatic N) is 4. The molecule has 1 saturated heterocycles. The quantitative estimate of drug-likeness (QED) is 0.309. The average molecular weight is 554 g/mol. The van der Waals surface area contributed by atoms with Crippen LogP contribution >= 0.6 is 0 Å². The Balaban J connectivity index is 1.11. The molecule has 210 valence electrons. The molecule has 1 spiro atoms. The molecule has 0 bridgehead atoms. The minimum absolute atomic E-state index is 0.0520. The van der Waals surface area contributed by atoms with Crippen molar-refractivity contribution in [1.82, 2.24) is 20.2 Å². The van der Waals surface area contributed by atoms with Crippen LogP contribution in [0.15, 0.2) is 36.4 Å². The monoisotopic (exact) mass is 553 g/mol. The molecule has 11 heteroatoms. The van der Waals surface area contributed by atoms with Gasteiger partial charge in [-0.1, -0.05) is 6.07 Å². The lowest BCUT2D eigenvalue weighted by atomic mass is 9.91. The number of aromatic amines is 1. The Bertz CT molecular complexity index is 1690. The highest BCUT2D eigenvalue weighted by molar-refractivity contribution is 6.10. The molecule has 41 heavy (non-hydrogen) atoms. The fraction of sp³-hybridized carbons (Fsp3) is 0.400. The Labute approximate surface area is 236 Å². The van der Waals surface area contributed by atoms with E-state index in [1.807, 2.05) is 18.2 Å². The van der Waals surface area contributed by atoms with Gasteiger partial charge >= 0.3 is 0 Å². The second-order valence-corrected chi connectivity index (χ2v) is 11.3. The number of amides is 1. The molecular formula is C30H31N7O4. The molecule has 3 N–H and O–H groups in total. The SMILES string of the molecule is COc1ccc2c(c1)[C@]1(C[C@H]1c1ccc3c(Nc4nc(C5CC5)nc(N5CCOCC5)c4OC)n[nH]c3c1)C(=O)N2. The van der Waals surface area contributed by atoms with Gasteiger partial charge in [0.05, 0.1) is 38.4 Å². The summed E-state index contributed by atoms with van der Waals surface area (Å²) in [6.07, 6.45) is 2.96. The number of H-pyrrole nitrogens is 1.